The van der Waals surface area contributed by atoms with Gasteiger partial charge < -0.3 is 10.6 Å². The van der Waals surface area contributed by atoms with E-state index < -0.39 is 0 Å². The van der Waals surface area contributed by atoms with Crippen LogP contribution in [0.4, 0.5) is 0 Å². The lowest BCUT2D eigenvalue weighted by Gasteiger charge is -2.41. The molecule has 2 N–H and O–H groups in total. The van der Waals surface area contributed by atoms with Crippen molar-refractivity contribution in [1.82, 2.24) is 4.90 Å². The summed E-state index contributed by atoms with van der Waals surface area (Å²) < 4.78 is 2.07. The Kier molecular flexibility index (Phi) is 4.52. The molecule has 100 valence electrons. The Hall–Kier alpha value is 0.0900. The molecule has 3 nitrogen and oxygen atoms in total. The van der Waals surface area contributed by atoms with E-state index in [9.17, 15) is 4.79 Å². The minimum absolute atomic E-state index is 0.00106. The number of piperidine rings is 1. The zero-order valence-electron chi connectivity index (χ0n) is 10.3. The van der Waals surface area contributed by atoms with Gasteiger partial charge in [-0.15, -0.1) is 11.3 Å². The molecule has 1 aromatic heterocycles. The summed E-state index contributed by atoms with van der Waals surface area (Å²) in [6.07, 6.45) is 1.32. The van der Waals surface area contributed by atoms with Gasteiger partial charge in [-0.1, -0.05) is 0 Å². The van der Waals surface area contributed by atoms with Gasteiger partial charge in [0.15, 0.2) is 0 Å². The summed E-state index contributed by atoms with van der Waals surface area (Å²) in [6.45, 7) is 4.08. The second kappa shape index (κ2) is 5.61. The highest BCUT2D eigenvalue weighted by Gasteiger charge is 2.37. The molecule has 0 aliphatic carbocycles. The molecule has 1 saturated heterocycles. The van der Waals surface area contributed by atoms with E-state index in [4.69, 9.17) is 5.73 Å². The molecular formula is C12H16Br2N2OS. The fraction of sp³-hybridized carbons (Fsp3) is 0.583. The van der Waals surface area contributed by atoms with Crippen LogP contribution in [0.5, 0.6) is 0 Å². The Morgan fingerprint density at radius 1 is 1.50 bits per heavy atom. The van der Waals surface area contributed by atoms with Crippen LogP contribution in [0.2, 0.25) is 0 Å². The number of carbonyl (C=O) groups is 1. The van der Waals surface area contributed by atoms with Crippen LogP contribution < -0.4 is 5.73 Å². The third kappa shape index (κ3) is 2.66. The van der Waals surface area contributed by atoms with E-state index in [0.29, 0.717) is 6.42 Å². The molecule has 2 atom stereocenters. The first kappa shape index (κ1) is 14.5. The molecule has 18 heavy (non-hydrogen) atoms. The van der Waals surface area contributed by atoms with E-state index in [1.807, 2.05) is 18.7 Å². The molecule has 6 heteroatoms. The Bertz CT molecular complexity index is 441. The Morgan fingerprint density at radius 3 is 2.67 bits per heavy atom. The van der Waals surface area contributed by atoms with E-state index >= 15 is 0 Å². The normalized spacial score (nSPS) is 25.0. The van der Waals surface area contributed by atoms with Crippen molar-refractivity contribution < 1.29 is 4.79 Å². The third-order valence-corrected chi connectivity index (χ3v) is 6.52. The lowest BCUT2D eigenvalue weighted by molar-refractivity contribution is -0.139. The van der Waals surface area contributed by atoms with Gasteiger partial charge in [0.25, 0.3) is 0 Å². The fourth-order valence-corrected chi connectivity index (χ4v) is 4.67. The highest BCUT2D eigenvalue weighted by molar-refractivity contribution is 9.13. The van der Waals surface area contributed by atoms with Crippen molar-refractivity contribution in [3.05, 3.63) is 19.2 Å². The number of likely N-dealkylation sites (tertiary alicyclic amines) is 1. The van der Waals surface area contributed by atoms with Crippen molar-refractivity contribution in [2.24, 2.45) is 5.73 Å². The van der Waals surface area contributed by atoms with Crippen LogP contribution in [-0.4, -0.2) is 22.9 Å². The monoisotopic (exact) mass is 394 g/mol. The molecule has 1 aromatic rings. The minimum atomic E-state index is -0.00106. The van der Waals surface area contributed by atoms with Crippen molar-refractivity contribution in [3.63, 3.8) is 0 Å². The lowest BCUT2D eigenvalue weighted by Crippen LogP contribution is -2.51. The number of hydrogen-bond donors (Lipinski definition) is 1. The highest BCUT2D eigenvalue weighted by atomic mass is 79.9. The van der Waals surface area contributed by atoms with Gasteiger partial charge in [-0.05, 0) is 58.2 Å². The Labute approximate surface area is 128 Å². The minimum Gasteiger partial charge on any atom is -0.331 e. The average molecular weight is 396 g/mol. The fourth-order valence-electron chi connectivity index (χ4n) is 2.40. The van der Waals surface area contributed by atoms with Crippen molar-refractivity contribution in [3.8, 4) is 0 Å². The first-order chi connectivity index (χ1) is 8.41. The van der Waals surface area contributed by atoms with Crippen LogP contribution in [-0.2, 0) is 4.79 Å². The molecule has 0 bridgehead atoms. The van der Waals surface area contributed by atoms with Gasteiger partial charge >= 0.3 is 0 Å². The molecule has 2 heterocycles. The van der Waals surface area contributed by atoms with Gasteiger partial charge in [0, 0.05) is 27.9 Å². The van der Waals surface area contributed by atoms with Gasteiger partial charge in [-0.3, -0.25) is 4.79 Å². The Morgan fingerprint density at radius 2 is 2.17 bits per heavy atom. The largest absolute Gasteiger partial charge is 0.331 e. The van der Waals surface area contributed by atoms with Crippen LogP contribution in [0.1, 0.15) is 37.6 Å². The topological polar surface area (TPSA) is 46.3 Å². The SMILES string of the molecule is CC(C)N1C(=O)CCC(N)C1c1cc(Br)c(Br)s1. The van der Waals surface area contributed by atoms with Gasteiger partial charge in [0.2, 0.25) is 5.91 Å². The summed E-state index contributed by atoms with van der Waals surface area (Å²) in [5.41, 5.74) is 6.24. The summed E-state index contributed by atoms with van der Waals surface area (Å²) >= 11 is 8.64. The summed E-state index contributed by atoms with van der Waals surface area (Å²) in [6, 6.07) is 2.25. The first-order valence-electron chi connectivity index (χ1n) is 5.93. The van der Waals surface area contributed by atoms with Crippen molar-refractivity contribution in [2.45, 2.75) is 44.8 Å². The van der Waals surface area contributed by atoms with Crippen LogP contribution in [0.15, 0.2) is 14.3 Å². The van der Waals surface area contributed by atoms with Crippen LogP contribution >= 0.6 is 43.2 Å². The number of rotatable bonds is 2. The van der Waals surface area contributed by atoms with E-state index in [1.54, 1.807) is 11.3 Å². The van der Waals surface area contributed by atoms with Gasteiger partial charge in [0.1, 0.15) is 0 Å². The standard InChI is InChI=1S/C12H16Br2N2OS/c1-6(2)16-10(17)4-3-8(15)11(16)9-5-7(13)12(14)18-9/h5-6,8,11H,3-4,15H2,1-2H3. The molecule has 1 fully saturated rings. The van der Waals surface area contributed by atoms with E-state index in [-0.39, 0.29) is 24.0 Å². The molecule has 1 amide bonds. The summed E-state index contributed by atoms with van der Waals surface area (Å²) in [7, 11) is 0. The van der Waals surface area contributed by atoms with E-state index in [0.717, 1.165) is 19.6 Å². The molecule has 0 radical (unpaired) electrons. The smallest absolute Gasteiger partial charge is 0.223 e. The zero-order chi connectivity index (χ0) is 13.4. The number of halogens is 2. The van der Waals surface area contributed by atoms with Crippen molar-refractivity contribution >= 4 is 49.1 Å². The highest BCUT2D eigenvalue weighted by Crippen LogP contribution is 2.41. The number of hydrogen-bond acceptors (Lipinski definition) is 3. The summed E-state index contributed by atoms with van der Waals surface area (Å²) in [5.74, 6) is 0.206. The summed E-state index contributed by atoms with van der Waals surface area (Å²) in [5, 5.41) is 0. The summed E-state index contributed by atoms with van der Waals surface area (Å²) in [4.78, 5) is 15.2. The maximum absolute atomic E-state index is 12.1. The first-order valence-corrected chi connectivity index (χ1v) is 8.33. The second-order valence-corrected chi connectivity index (χ2v) is 8.07. The lowest BCUT2D eigenvalue weighted by atomic mass is 9.94. The molecule has 0 saturated carbocycles. The molecule has 2 unspecified atom stereocenters. The van der Waals surface area contributed by atoms with Gasteiger partial charge in [0.05, 0.1) is 9.83 Å². The zero-order valence-corrected chi connectivity index (χ0v) is 14.3. The van der Waals surface area contributed by atoms with Gasteiger partial charge in [-0.25, -0.2) is 0 Å². The van der Waals surface area contributed by atoms with E-state index in [1.165, 1.54) is 0 Å². The maximum Gasteiger partial charge on any atom is 0.223 e. The van der Waals surface area contributed by atoms with Crippen LogP contribution in [0, 0.1) is 0 Å². The quantitative estimate of drug-likeness (QED) is 0.830. The number of thiophene rings is 1. The van der Waals surface area contributed by atoms with Crippen molar-refractivity contribution in [2.75, 3.05) is 0 Å². The van der Waals surface area contributed by atoms with Crippen molar-refractivity contribution in [1.29, 1.82) is 0 Å². The van der Waals surface area contributed by atoms with Crippen LogP contribution in [0.3, 0.4) is 0 Å². The maximum atomic E-state index is 12.1. The Balaban J connectivity index is 2.39. The number of amides is 1. The van der Waals surface area contributed by atoms with Crippen LogP contribution in [0.25, 0.3) is 0 Å². The molecule has 0 spiro atoms. The second-order valence-electron chi connectivity index (χ2n) is 4.81. The average Bonchev–Trinajstić information content (AvgIpc) is 2.61. The predicted molar refractivity (Wildman–Crippen MR) is 81.7 cm³/mol. The molecule has 0 aromatic carbocycles. The number of nitrogens with two attached hydrogens (primary N) is 1. The van der Waals surface area contributed by atoms with Gasteiger partial charge in [-0.2, -0.15) is 0 Å². The molecule has 1 aliphatic rings. The molecular weight excluding hydrogens is 380 g/mol. The third-order valence-electron chi connectivity index (χ3n) is 3.20. The molecule has 1 aliphatic heterocycles. The predicted octanol–water partition coefficient (Wildman–Crippen LogP) is 3.67. The number of carbonyl (C=O) groups excluding carboxylic acids is 1. The molecule has 2 rings (SSSR count). The van der Waals surface area contributed by atoms with E-state index in [2.05, 4.69) is 37.9 Å². The number of nitrogens with zero attached hydrogens (tertiary/aromatic N) is 1.